The molecule has 2 N–H and O–H groups in total. The molecule has 0 aromatic heterocycles. The van der Waals surface area contributed by atoms with E-state index in [2.05, 4.69) is 10.6 Å². The van der Waals surface area contributed by atoms with Gasteiger partial charge in [0.15, 0.2) is 0 Å². The first kappa shape index (κ1) is 23.3. The van der Waals surface area contributed by atoms with Crippen molar-refractivity contribution in [2.75, 3.05) is 10.6 Å². The van der Waals surface area contributed by atoms with Gasteiger partial charge in [-0.1, -0.05) is 60.2 Å². The zero-order chi connectivity index (χ0) is 23.9. The number of carbonyl (C=O) groups is 2. The van der Waals surface area contributed by atoms with Gasteiger partial charge in [0.25, 0.3) is 5.91 Å². The highest BCUT2D eigenvalue weighted by atomic mass is 32.2. The van der Waals surface area contributed by atoms with Gasteiger partial charge in [0.2, 0.25) is 5.91 Å². The van der Waals surface area contributed by atoms with Crippen molar-refractivity contribution in [2.24, 2.45) is 0 Å². The Hall–Kier alpha value is -3.90. The van der Waals surface area contributed by atoms with Crippen LogP contribution in [-0.4, -0.2) is 11.8 Å². The van der Waals surface area contributed by atoms with Crippen LogP contribution in [0.1, 0.15) is 26.7 Å². The van der Waals surface area contributed by atoms with E-state index in [-0.39, 0.29) is 11.5 Å². The van der Waals surface area contributed by atoms with Crippen LogP contribution in [0.15, 0.2) is 108 Å². The Morgan fingerprint density at radius 1 is 0.735 bits per heavy atom. The number of aryl methyl sites for hydroxylation is 1. The van der Waals surface area contributed by atoms with E-state index in [1.807, 2.05) is 73.7 Å². The molecule has 0 heterocycles. The Bertz CT molecular complexity index is 1280. The molecule has 4 rings (SSSR count). The minimum atomic E-state index is -0.572. The van der Waals surface area contributed by atoms with Crippen LogP contribution in [-0.2, 0) is 4.79 Å². The Morgan fingerprint density at radius 3 is 2.00 bits per heavy atom. The van der Waals surface area contributed by atoms with Gasteiger partial charge in [0.05, 0.1) is 5.56 Å². The van der Waals surface area contributed by atoms with Crippen molar-refractivity contribution in [2.45, 2.75) is 17.1 Å². The standard InChI is InChI=1S/C28H23FN2O2S/c1-19-11-13-21(14-12-19)31-28(33)26(20-7-3-2-4-8-20)34-23-17-15-22(16-18-23)30-27(32)24-9-5-6-10-25(24)29/h2-18,26H,1H3,(H,30,32)(H,31,33). The highest BCUT2D eigenvalue weighted by Crippen LogP contribution is 2.36. The fourth-order valence-electron chi connectivity index (χ4n) is 3.34. The SMILES string of the molecule is Cc1ccc(NC(=O)C(Sc2ccc(NC(=O)c3ccccc3F)cc2)c2ccccc2)cc1. The molecule has 0 spiro atoms. The second-order valence-corrected chi connectivity index (χ2v) is 8.90. The predicted molar refractivity (Wildman–Crippen MR) is 136 cm³/mol. The Morgan fingerprint density at radius 2 is 1.32 bits per heavy atom. The summed E-state index contributed by atoms with van der Waals surface area (Å²) < 4.78 is 13.9. The van der Waals surface area contributed by atoms with Gasteiger partial charge in [-0.05, 0) is 61.0 Å². The molecule has 1 atom stereocenters. The lowest BCUT2D eigenvalue weighted by Gasteiger charge is -2.17. The maximum Gasteiger partial charge on any atom is 0.258 e. The van der Waals surface area contributed by atoms with E-state index >= 15 is 0 Å². The van der Waals surface area contributed by atoms with Crippen molar-refractivity contribution in [3.63, 3.8) is 0 Å². The van der Waals surface area contributed by atoms with E-state index in [1.165, 1.54) is 30.0 Å². The van der Waals surface area contributed by atoms with Crippen molar-refractivity contribution in [1.82, 2.24) is 0 Å². The largest absolute Gasteiger partial charge is 0.325 e. The van der Waals surface area contributed by atoms with Crippen LogP contribution in [0, 0.1) is 12.7 Å². The van der Waals surface area contributed by atoms with Crippen molar-refractivity contribution < 1.29 is 14.0 Å². The first-order chi connectivity index (χ1) is 16.5. The van der Waals surface area contributed by atoms with Crippen molar-refractivity contribution in [3.05, 3.63) is 126 Å². The van der Waals surface area contributed by atoms with Gasteiger partial charge in [-0.25, -0.2) is 4.39 Å². The van der Waals surface area contributed by atoms with Crippen LogP contribution in [0.3, 0.4) is 0 Å². The quantitative estimate of drug-likeness (QED) is 0.290. The maximum atomic E-state index is 13.9. The third-order valence-electron chi connectivity index (χ3n) is 5.14. The van der Waals surface area contributed by atoms with Crippen molar-refractivity contribution in [3.8, 4) is 0 Å². The third-order valence-corrected chi connectivity index (χ3v) is 6.41. The fraction of sp³-hybridized carbons (Fsp3) is 0.0714. The monoisotopic (exact) mass is 470 g/mol. The summed E-state index contributed by atoms with van der Waals surface area (Å²) in [5, 5.41) is 5.23. The average molecular weight is 471 g/mol. The van der Waals surface area contributed by atoms with Crippen LogP contribution in [0.2, 0.25) is 0 Å². The molecule has 0 radical (unpaired) electrons. The molecule has 0 saturated carbocycles. The molecule has 2 amide bonds. The highest BCUT2D eigenvalue weighted by Gasteiger charge is 2.22. The Balaban J connectivity index is 1.49. The van der Waals surface area contributed by atoms with E-state index in [4.69, 9.17) is 0 Å². The van der Waals surface area contributed by atoms with Crippen LogP contribution in [0.25, 0.3) is 0 Å². The molecule has 34 heavy (non-hydrogen) atoms. The van der Waals surface area contributed by atoms with Gasteiger partial charge < -0.3 is 10.6 Å². The first-order valence-electron chi connectivity index (χ1n) is 10.7. The molecule has 4 aromatic carbocycles. The molecule has 0 aliphatic heterocycles. The van der Waals surface area contributed by atoms with Crippen LogP contribution < -0.4 is 10.6 Å². The molecule has 0 bridgehead atoms. The number of nitrogens with one attached hydrogen (secondary N) is 2. The van der Waals surface area contributed by atoms with E-state index in [9.17, 15) is 14.0 Å². The first-order valence-corrected chi connectivity index (χ1v) is 11.6. The van der Waals surface area contributed by atoms with Crippen molar-refractivity contribution in [1.29, 1.82) is 0 Å². The molecule has 0 aliphatic rings. The lowest BCUT2D eigenvalue weighted by molar-refractivity contribution is -0.115. The maximum absolute atomic E-state index is 13.9. The molecule has 1 unspecified atom stereocenters. The Labute approximate surface area is 202 Å². The van der Waals surface area contributed by atoms with Gasteiger partial charge in [-0.2, -0.15) is 0 Å². The van der Waals surface area contributed by atoms with Gasteiger partial charge in [-0.15, -0.1) is 11.8 Å². The smallest absolute Gasteiger partial charge is 0.258 e. The Kier molecular flexibility index (Phi) is 7.40. The van der Waals surface area contributed by atoms with Gasteiger partial charge in [-0.3, -0.25) is 9.59 Å². The summed E-state index contributed by atoms with van der Waals surface area (Å²) in [6.07, 6.45) is 0. The number of carbonyl (C=O) groups excluding carboxylic acids is 2. The summed E-state index contributed by atoms with van der Waals surface area (Å²) in [5.74, 6) is -1.22. The lowest BCUT2D eigenvalue weighted by Crippen LogP contribution is -2.19. The molecule has 0 aliphatic carbocycles. The third kappa shape index (κ3) is 5.91. The van der Waals surface area contributed by atoms with E-state index in [0.29, 0.717) is 5.69 Å². The lowest BCUT2D eigenvalue weighted by atomic mass is 10.1. The predicted octanol–water partition coefficient (Wildman–Crippen LogP) is 6.86. The van der Waals surface area contributed by atoms with Gasteiger partial charge >= 0.3 is 0 Å². The van der Waals surface area contributed by atoms with Crippen LogP contribution >= 0.6 is 11.8 Å². The number of hydrogen-bond donors (Lipinski definition) is 2. The molecular formula is C28H23FN2O2S. The molecule has 170 valence electrons. The number of anilines is 2. The molecule has 4 nitrogen and oxygen atoms in total. The average Bonchev–Trinajstić information content (AvgIpc) is 2.85. The zero-order valence-corrected chi connectivity index (χ0v) is 19.3. The molecule has 4 aromatic rings. The topological polar surface area (TPSA) is 58.2 Å². The van der Waals surface area contributed by atoms with E-state index in [0.717, 1.165) is 21.7 Å². The second-order valence-electron chi connectivity index (χ2n) is 7.72. The normalized spacial score (nSPS) is 11.5. The summed E-state index contributed by atoms with van der Waals surface area (Å²) in [5.41, 5.74) is 3.27. The summed E-state index contributed by atoms with van der Waals surface area (Å²) in [6, 6.07) is 30.2. The summed E-state index contributed by atoms with van der Waals surface area (Å²) >= 11 is 1.41. The fourth-order valence-corrected chi connectivity index (χ4v) is 4.37. The zero-order valence-electron chi connectivity index (χ0n) is 18.5. The number of halogens is 1. The minimum Gasteiger partial charge on any atom is -0.325 e. The summed E-state index contributed by atoms with van der Waals surface area (Å²) in [4.78, 5) is 26.4. The summed E-state index contributed by atoms with van der Waals surface area (Å²) in [6.45, 7) is 2.00. The van der Waals surface area contributed by atoms with E-state index in [1.54, 1.807) is 18.2 Å². The molecule has 6 heteroatoms. The molecule has 0 saturated heterocycles. The highest BCUT2D eigenvalue weighted by molar-refractivity contribution is 8.00. The number of benzene rings is 4. The van der Waals surface area contributed by atoms with Gasteiger partial charge in [0.1, 0.15) is 11.1 Å². The molecule has 0 fully saturated rings. The van der Waals surface area contributed by atoms with Crippen LogP contribution in [0.4, 0.5) is 15.8 Å². The number of amides is 2. The minimum absolute atomic E-state index is 0.0159. The number of hydrogen-bond acceptors (Lipinski definition) is 3. The summed E-state index contributed by atoms with van der Waals surface area (Å²) in [7, 11) is 0. The number of thioether (sulfide) groups is 1. The second kappa shape index (κ2) is 10.8. The molecular weight excluding hydrogens is 447 g/mol. The number of rotatable bonds is 7. The van der Waals surface area contributed by atoms with E-state index < -0.39 is 17.0 Å². The van der Waals surface area contributed by atoms with Gasteiger partial charge in [0, 0.05) is 16.3 Å². The van der Waals surface area contributed by atoms with Crippen molar-refractivity contribution >= 4 is 35.0 Å². The van der Waals surface area contributed by atoms with Crippen LogP contribution in [0.5, 0.6) is 0 Å².